The van der Waals surface area contributed by atoms with Gasteiger partial charge in [0.25, 0.3) is 0 Å². The summed E-state index contributed by atoms with van der Waals surface area (Å²) >= 11 is 0. The number of hydrogen-bond acceptors (Lipinski definition) is 3. The van der Waals surface area contributed by atoms with Gasteiger partial charge in [0.2, 0.25) is 0 Å². The monoisotopic (exact) mass is 526 g/mol. The maximum atomic E-state index is 15.5. The molecule has 5 aromatic rings. The average molecular weight is 527 g/mol. The average Bonchev–Trinajstić information content (AvgIpc) is 3.38. The van der Waals surface area contributed by atoms with Gasteiger partial charge in [-0.3, -0.25) is 18.4 Å². The van der Waals surface area contributed by atoms with Crippen LogP contribution in [0, 0.1) is 5.82 Å². The van der Waals surface area contributed by atoms with Gasteiger partial charge < -0.3 is 0 Å². The Morgan fingerprint density at radius 3 is 2.29 bits per heavy atom. The molecule has 3 heterocycles. The number of imidazole rings is 2. The van der Waals surface area contributed by atoms with E-state index in [0.29, 0.717) is 22.3 Å². The first-order valence-electron chi connectivity index (χ1n) is 12.3. The van der Waals surface area contributed by atoms with Gasteiger partial charge in [-0.15, -0.1) is 0 Å². The lowest BCUT2D eigenvalue weighted by atomic mass is 9.99. The highest BCUT2D eigenvalue weighted by Gasteiger charge is 2.67. The van der Waals surface area contributed by atoms with Crippen LogP contribution < -0.4 is 5.69 Å². The molecule has 198 valence electrons. The molecule has 1 aliphatic carbocycles. The predicted molar refractivity (Wildman–Crippen MR) is 136 cm³/mol. The topological polar surface area (TPSA) is 62.6 Å². The van der Waals surface area contributed by atoms with Crippen molar-refractivity contribution in [2.45, 2.75) is 44.2 Å². The van der Waals surface area contributed by atoms with Crippen molar-refractivity contribution in [3.05, 3.63) is 64.3 Å². The van der Waals surface area contributed by atoms with Gasteiger partial charge in [-0.1, -0.05) is 13.8 Å². The van der Waals surface area contributed by atoms with Crippen molar-refractivity contribution in [2.75, 3.05) is 0 Å². The number of aryl methyl sites for hydroxylation is 3. The van der Waals surface area contributed by atoms with Crippen LogP contribution in [0.4, 0.5) is 17.6 Å². The van der Waals surface area contributed by atoms with E-state index in [1.807, 2.05) is 13.8 Å². The predicted octanol–water partition coefficient (Wildman–Crippen LogP) is 5.47. The zero-order chi connectivity index (χ0) is 27.3. The van der Waals surface area contributed by atoms with Gasteiger partial charge in [0.1, 0.15) is 17.1 Å². The van der Waals surface area contributed by atoms with Crippen molar-refractivity contribution in [1.29, 1.82) is 0 Å². The largest absolute Gasteiger partial charge is 0.401 e. The van der Waals surface area contributed by atoms with Crippen LogP contribution in [0.3, 0.4) is 0 Å². The fourth-order valence-electron chi connectivity index (χ4n) is 5.46. The second-order valence-corrected chi connectivity index (χ2v) is 10.5. The van der Waals surface area contributed by atoms with Crippen LogP contribution in [0.2, 0.25) is 0 Å². The molecule has 0 spiro atoms. The number of halogens is 4. The summed E-state index contributed by atoms with van der Waals surface area (Å²) in [4.78, 5) is 17.3. The summed E-state index contributed by atoms with van der Waals surface area (Å²) in [5, 5.41) is 4.08. The van der Waals surface area contributed by atoms with E-state index in [1.165, 1.54) is 32.1 Å². The van der Waals surface area contributed by atoms with E-state index in [9.17, 15) is 18.0 Å². The summed E-state index contributed by atoms with van der Waals surface area (Å²) < 4.78 is 64.7. The number of benzene rings is 2. The summed E-state index contributed by atoms with van der Waals surface area (Å²) in [5.74, 6) is -0.792. The molecule has 1 saturated carbocycles. The van der Waals surface area contributed by atoms with Crippen LogP contribution in [-0.4, -0.2) is 34.6 Å². The Bertz CT molecular complexity index is 1810. The lowest BCUT2D eigenvalue weighted by molar-refractivity contribution is -0.162. The molecule has 7 nitrogen and oxygen atoms in total. The highest BCUT2D eigenvalue weighted by Crippen LogP contribution is 2.59. The SMILES string of the molecule is CC(C)c1cc(-n2c(C3(C(F)(F)F)CC3)nc3cc(-c4cnn(C)c4)c(F)cc32)cc2c1n(C)c(=O)n2C. The van der Waals surface area contributed by atoms with Crippen molar-refractivity contribution in [3.63, 3.8) is 0 Å². The van der Waals surface area contributed by atoms with Gasteiger partial charge in [0, 0.05) is 50.2 Å². The molecule has 11 heteroatoms. The summed E-state index contributed by atoms with van der Waals surface area (Å²) in [6.07, 6.45) is -1.58. The summed E-state index contributed by atoms with van der Waals surface area (Å²) in [6, 6.07) is 6.20. The zero-order valence-corrected chi connectivity index (χ0v) is 21.6. The Hall–Kier alpha value is -3.89. The highest BCUT2D eigenvalue weighted by molar-refractivity contribution is 5.87. The molecule has 0 saturated heterocycles. The number of nitrogens with zero attached hydrogens (tertiary/aromatic N) is 6. The minimum absolute atomic E-state index is 0.0323. The van der Waals surface area contributed by atoms with Crippen molar-refractivity contribution >= 4 is 22.1 Å². The van der Waals surface area contributed by atoms with E-state index in [1.54, 1.807) is 44.0 Å². The quantitative estimate of drug-likeness (QED) is 0.292. The molecule has 0 unspecified atom stereocenters. The number of fused-ring (bicyclic) bond motifs is 2. The van der Waals surface area contributed by atoms with Crippen molar-refractivity contribution in [3.8, 4) is 16.8 Å². The first kappa shape index (κ1) is 24.4. The van der Waals surface area contributed by atoms with Crippen LogP contribution in [0.15, 0.2) is 41.5 Å². The Morgan fingerprint density at radius 1 is 1.00 bits per heavy atom. The number of aromatic nitrogens is 6. The standard InChI is InChI=1S/C27H26F4N6O/c1-14(2)17-8-16(9-22-23(17)36(5)25(38)35(22)4)37-21-11-19(28)18(15-12-32-34(3)13-15)10-20(21)33-24(37)26(6-7-26)27(29,30)31/h8-14H,6-7H2,1-5H3. The Labute approximate surface area is 214 Å². The number of rotatable bonds is 4. The van der Waals surface area contributed by atoms with Gasteiger partial charge in [-0.2, -0.15) is 18.3 Å². The molecule has 3 aromatic heterocycles. The molecule has 0 N–H and O–H groups in total. The lowest BCUT2D eigenvalue weighted by Gasteiger charge is -2.21. The van der Waals surface area contributed by atoms with Gasteiger partial charge >= 0.3 is 11.9 Å². The van der Waals surface area contributed by atoms with Gasteiger partial charge in [-0.05, 0) is 42.5 Å². The Kier molecular flexibility index (Phi) is 5.03. The smallest absolute Gasteiger partial charge is 0.295 e. The molecule has 0 amide bonds. The lowest BCUT2D eigenvalue weighted by Crippen LogP contribution is -2.31. The third-order valence-electron chi connectivity index (χ3n) is 7.73. The molecule has 0 bridgehead atoms. The minimum atomic E-state index is -4.53. The summed E-state index contributed by atoms with van der Waals surface area (Å²) in [7, 11) is 5.00. The van der Waals surface area contributed by atoms with Gasteiger partial charge in [-0.25, -0.2) is 14.2 Å². The maximum Gasteiger partial charge on any atom is 0.401 e. The maximum absolute atomic E-state index is 15.5. The Balaban J connectivity index is 1.71. The molecule has 0 radical (unpaired) electrons. The molecule has 1 aliphatic rings. The van der Waals surface area contributed by atoms with Crippen LogP contribution >= 0.6 is 0 Å². The molecule has 0 aliphatic heterocycles. The minimum Gasteiger partial charge on any atom is -0.295 e. The number of hydrogen-bond donors (Lipinski definition) is 0. The van der Waals surface area contributed by atoms with E-state index in [0.717, 1.165) is 5.56 Å². The molecular weight excluding hydrogens is 500 g/mol. The molecule has 6 rings (SSSR count). The normalized spacial score (nSPS) is 15.3. The van der Waals surface area contributed by atoms with E-state index >= 15 is 4.39 Å². The number of alkyl halides is 3. The molecular formula is C27H26F4N6O. The Morgan fingerprint density at radius 2 is 1.71 bits per heavy atom. The third kappa shape index (κ3) is 3.30. The van der Waals surface area contributed by atoms with Gasteiger partial charge in [0.05, 0.1) is 28.3 Å². The fourth-order valence-corrected chi connectivity index (χ4v) is 5.46. The van der Waals surface area contributed by atoms with Crippen molar-refractivity contribution < 1.29 is 17.6 Å². The highest BCUT2D eigenvalue weighted by atomic mass is 19.4. The summed E-state index contributed by atoms with van der Waals surface area (Å²) in [6.45, 7) is 3.92. The molecule has 2 aromatic carbocycles. The van der Waals surface area contributed by atoms with Crippen LogP contribution in [0.5, 0.6) is 0 Å². The van der Waals surface area contributed by atoms with Crippen molar-refractivity contribution in [1.82, 2.24) is 28.5 Å². The zero-order valence-electron chi connectivity index (χ0n) is 21.6. The molecule has 1 fully saturated rings. The fraction of sp³-hybridized carbons (Fsp3) is 0.370. The van der Waals surface area contributed by atoms with Crippen LogP contribution in [0.1, 0.15) is 44.0 Å². The second kappa shape index (κ2) is 7.81. The van der Waals surface area contributed by atoms with Gasteiger partial charge in [0.15, 0.2) is 0 Å². The third-order valence-corrected chi connectivity index (χ3v) is 7.73. The second-order valence-electron chi connectivity index (χ2n) is 10.5. The first-order chi connectivity index (χ1) is 17.8. The van der Waals surface area contributed by atoms with Crippen LogP contribution in [-0.2, 0) is 26.6 Å². The van der Waals surface area contributed by atoms with E-state index < -0.39 is 17.4 Å². The summed E-state index contributed by atoms with van der Waals surface area (Å²) in [5.41, 5.74) is 1.34. The van der Waals surface area contributed by atoms with E-state index in [-0.39, 0.29) is 46.9 Å². The molecule has 38 heavy (non-hydrogen) atoms. The van der Waals surface area contributed by atoms with Crippen LogP contribution in [0.25, 0.3) is 38.9 Å². The van der Waals surface area contributed by atoms with E-state index in [2.05, 4.69) is 10.1 Å². The first-order valence-corrected chi connectivity index (χ1v) is 12.3. The van der Waals surface area contributed by atoms with E-state index in [4.69, 9.17) is 0 Å². The molecule has 0 atom stereocenters. The van der Waals surface area contributed by atoms with Crippen molar-refractivity contribution in [2.24, 2.45) is 21.1 Å².